The fourth-order valence-corrected chi connectivity index (χ4v) is 8.64. The number of aliphatic hydroxyl groups is 2. The van der Waals surface area contributed by atoms with E-state index in [1.54, 1.807) is 12.2 Å². The number of benzene rings is 3. The first-order valence-electron chi connectivity index (χ1n) is 23.6. The number of aliphatic hydroxyl groups excluding tert-OH is 2. The number of nitrogens with one attached hydrogen (secondary N) is 3. The van der Waals surface area contributed by atoms with E-state index in [1.165, 1.54) is 0 Å². The topological polar surface area (TPSA) is 211 Å². The third-order valence-corrected chi connectivity index (χ3v) is 12.4. The molecule has 1 saturated heterocycles. The number of carbonyl (C=O) groups is 3. The van der Waals surface area contributed by atoms with Gasteiger partial charge < -0.3 is 68.8 Å². The summed E-state index contributed by atoms with van der Waals surface area (Å²) in [5, 5.41) is 32.7. The minimum absolute atomic E-state index is 0.0106. The Morgan fingerprint density at radius 1 is 0.529 bits per heavy atom. The maximum absolute atomic E-state index is 13.2. The molecule has 3 amide bonds. The standard InChI is InChI=1S/C51H65N3O14/c1-5-35-23-25-37(52-49(57)60-28-32-17-11-8-12-18-32)46(63-35)66-43-31(4)27-39(54-51(59)62-30-34-21-15-10-16-22-34)41(55)45(43)68-48-42(56)44(40(7-3)65-48)67-47-38(26-24-36(6-2)64-47)53-50(58)61-29-33-19-13-9-14-20-33/h8-26,31,35-48,55-56H,5-7,27-30H2,1-4H3,(H,52,57)(H,53,58)(H,54,59)/t31-,35+,36-,37+,38+,39+,40+,41-,42+,43+,44+,45+,46+,47+,48-/m0/s1. The second-order valence-electron chi connectivity index (χ2n) is 17.4. The molecular formula is C51H65N3O14. The molecule has 0 aromatic heterocycles. The molecule has 5 N–H and O–H groups in total. The smallest absolute Gasteiger partial charge is 0.408 e. The van der Waals surface area contributed by atoms with Gasteiger partial charge in [0.15, 0.2) is 18.9 Å². The Bertz CT molecular complexity index is 2100. The van der Waals surface area contributed by atoms with Crippen LogP contribution in [0.25, 0.3) is 0 Å². The summed E-state index contributed by atoms with van der Waals surface area (Å²) in [7, 11) is 0. The molecule has 368 valence electrons. The molecule has 3 heterocycles. The van der Waals surface area contributed by atoms with Crippen molar-refractivity contribution in [1.29, 1.82) is 0 Å². The van der Waals surface area contributed by atoms with Gasteiger partial charge in [0.2, 0.25) is 0 Å². The normalized spacial score (nSPS) is 32.2. The molecule has 0 spiro atoms. The van der Waals surface area contributed by atoms with Crippen LogP contribution in [0.4, 0.5) is 14.4 Å². The fraction of sp³-hybridized carbons (Fsp3) is 0.510. The predicted octanol–water partition coefficient (Wildman–Crippen LogP) is 6.31. The van der Waals surface area contributed by atoms with Crippen molar-refractivity contribution in [2.45, 2.75) is 159 Å². The van der Waals surface area contributed by atoms with Gasteiger partial charge in [0, 0.05) is 0 Å². The molecule has 4 aliphatic rings. The molecule has 0 bridgehead atoms. The van der Waals surface area contributed by atoms with Crippen LogP contribution in [0.5, 0.6) is 0 Å². The summed E-state index contributed by atoms with van der Waals surface area (Å²) in [6.45, 7) is 7.77. The number of hydrogen-bond acceptors (Lipinski definition) is 14. The van der Waals surface area contributed by atoms with E-state index in [0.717, 1.165) is 16.7 Å². The van der Waals surface area contributed by atoms with Gasteiger partial charge in [0.25, 0.3) is 0 Å². The van der Waals surface area contributed by atoms with Crippen LogP contribution < -0.4 is 16.0 Å². The molecule has 3 aromatic rings. The summed E-state index contributed by atoms with van der Waals surface area (Å²) in [5.41, 5.74) is 2.42. The molecule has 15 atom stereocenters. The summed E-state index contributed by atoms with van der Waals surface area (Å²) in [5.74, 6) is -0.419. The molecule has 3 aliphatic heterocycles. The van der Waals surface area contributed by atoms with Gasteiger partial charge in [-0.1, -0.05) is 143 Å². The first-order valence-corrected chi connectivity index (χ1v) is 23.6. The predicted molar refractivity (Wildman–Crippen MR) is 246 cm³/mol. The Kier molecular flexibility index (Phi) is 18.4. The lowest BCUT2D eigenvalue weighted by atomic mass is 9.80. The van der Waals surface area contributed by atoms with Crippen molar-refractivity contribution in [3.8, 4) is 0 Å². The maximum atomic E-state index is 13.2. The molecule has 68 heavy (non-hydrogen) atoms. The summed E-state index contributed by atoms with van der Waals surface area (Å²) in [6.07, 6.45) is -4.01. The maximum Gasteiger partial charge on any atom is 0.408 e. The van der Waals surface area contributed by atoms with Gasteiger partial charge in [-0.3, -0.25) is 0 Å². The molecule has 17 heteroatoms. The van der Waals surface area contributed by atoms with E-state index >= 15 is 0 Å². The van der Waals surface area contributed by atoms with E-state index in [1.807, 2.05) is 131 Å². The molecule has 7 rings (SSSR count). The van der Waals surface area contributed by atoms with Gasteiger partial charge in [0.1, 0.15) is 56.3 Å². The molecule has 3 aromatic carbocycles. The van der Waals surface area contributed by atoms with Crippen LogP contribution in [0, 0.1) is 5.92 Å². The minimum Gasteiger partial charge on any atom is -0.445 e. The lowest BCUT2D eigenvalue weighted by molar-refractivity contribution is -0.286. The highest BCUT2D eigenvalue weighted by atomic mass is 16.8. The van der Waals surface area contributed by atoms with Crippen molar-refractivity contribution in [2.24, 2.45) is 5.92 Å². The number of rotatable bonds is 18. The van der Waals surface area contributed by atoms with E-state index in [9.17, 15) is 24.6 Å². The number of carbonyl (C=O) groups excluding carboxylic acids is 3. The Morgan fingerprint density at radius 2 is 0.956 bits per heavy atom. The average molecular weight is 944 g/mol. The lowest BCUT2D eigenvalue weighted by Gasteiger charge is -2.46. The van der Waals surface area contributed by atoms with Crippen LogP contribution in [0.15, 0.2) is 115 Å². The van der Waals surface area contributed by atoms with Crippen LogP contribution >= 0.6 is 0 Å². The fourth-order valence-electron chi connectivity index (χ4n) is 8.64. The van der Waals surface area contributed by atoms with E-state index in [0.29, 0.717) is 19.3 Å². The quantitative estimate of drug-likeness (QED) is 0.0700. The molecule has 0 radical (unpaired) electrons. The second kappa shape index (κ2) is 24.8. The zero-order valence-electron chi connectivity index (χ0n) is 38.9. The van der Waals surface area contributed by atoms with Gasteiger partial charge in [-0.25, -0.2) is 14.4 Å². The van der Waals surface area contributed by atoms with Gasteiger partial charge >= 0.3 is 18.3 Å². The second-order valence-corrected chi connectivity index (χ2v) is 17.4. The van der Waals surface area contributed by atoms with Crippen molar-refractivity contribution in [2.75, 3.05) is 0 Å². The Hall–Kier alpha value is -5.37. The molecule has 0 unspecified atom stereocenters. The Balaban J connectivity index is 1.08. The SMILES string of the molecule is CC[C@H]1C=C[C@@H](NC(=O)OCc2ccccc2)[C@@H](O[C@H]2[C@@H](O)[C@H](O[C@@H]3[C@@H](O)[C@H](NC(=O)OCc4ccccc4)C[C@H](C)[C@H]3O[C@H]3O[C@H](CC)C=C[C@H]3NC(=O)OCc3ccccc3)O[C@@H]2CC)O1. The van der Waals surface area contributed by atoms with Crippen molar-refractivity contribution >= 4 is 18.3 Å². The molecule has 2 fully saturated rings. The molecular weight excluding hydrogens is 879 g/mol. The molecule has 1 saturated carbocycles. The summed E-state index contributed by atoms with van der Waals surface area (Å²) < 4.78 is 55.4. The Morgan fingerprint density at radius 3 is 1.40 bits per heavy atom. The van der Waals surface area contributed by atoms with Gasteiger partial charge in [-0.2, -0.15) is 0 Å². The average Bonchev–Trinajstić information content (AvgIpc) is 3.66. The van der Waals surface area contributed by atoms with E-state index in [2.05, 4.69) is 16.0 Å². The van der Waals surface area contributed by atoms with Crippen LogP contribution in [0.1, 0.15) is 70.1 Å². The Labute approximate surface area is 397 Å². The number of hydrogen-bond donors (Lipinski definition) is 5. The third kappa shape index (κ3) is 13.7. The first kappa shape index (κ1) is 50.5. The summed E-state index contributed by atoms with van der Waals surface area (Å²) in [6, 6.07) is 25.3. The lowest BCUT2D eigenvalue weighted by Crippen LogP contribution is -2.63. The van der Waals surface area contributed by atoms with Crippen LogP contribution in [0.3, 0.4) is 0 Å². The molecule has 1 aliphatic carbocycles. The largest absolute Gasteiger partial charge is 0.445 e. The highest BCUT2D eigenvalue weighted by Gasteiger charge is 2.53. The van der Waals surface area contributed by atoms with Crippen LogP contribution in [-0.4, -0.2) is 114 Å². The zero-order valence-corrected chi connectivity index (χ0v) is 38.9. The zero-order chi connectivity index (χ0) is 48.0. The minimum atomic E-state index is -1.43. The van der Waals surface area contributed by atoms with Crippen molar-refractivity contribution in [1.82, 2.24) is 16.0 Å². The summed E-state index contributed by atoms with van der Waals surface area (Å²) >= 11 is 0. The van der Waals surface area contributed by atoms with Gasteiger partial charge in [0.05, 0.1) is 30.5 Å². The number of alkyl carbamates (subject to hydrolysis) is 3. The first-order chi connectivity index (χ1) is 33.0. The van der Waals surface area contributed by atoms with E-state index < -0.39 is 97.8 Å². The van der Waals surface area contributed by atoms with Gasteiger partial charge in [-0.15, -0.1) is 0 Å². The van der Waals surface area contributed by atoms with Crippen molar-refractivity contribution in [3.05, 3.63) is 132 Å². The third-order valence-electron chi connectivity index (χ3n) is 12.4. The highest BCUT2D eigenvalue weighted by Crippen LogP contribution is 2.37. The van der Waals surface area contributed by atoms with Crippen LogP contribution in [-0.2, 0) is 62.5 Å². The number of ether oxygens (including phenoxy) is 9. The number of amides is 3. The molecule has 17 nitrogen and oxygen atoms in total. The summed E-state index contributed by atoms with van der Waals surface area (Å²) in [4.78, 5) is 39.4. The monoisotopic (exact) mass is 943 g/mol. The van der Waals surface area contributed by atoms with Crippen molar-refractivity contribution in [3.63, 3.8) is 0 Å². The van der Waals surface area contributed by atoms with Gasteiger partial charge in [-0.05, 0) is 48.3 Å². The van der Waals surface area contributed by atoms with E-state index in [4.69, 9.17) is 42.6 Å². The highest BCUT2D eigenvalue weighted by molar-refractivity contribution is 5.69. The van der Waals surface area contributed by atoms with Crippen LogP contribution in [0.2, 0.25) is 0 Å². The van der Waals surface area contributed by atoms with Crippen molar-refractivity contribution < 1.29 is 67.2 Å². The van der Waals surface area contributed by atoms with E-state index in [-0.39, 0.29) is 38.4 Å².